The lowest BCUT2D eigenvalue weighted by molar-refractivity contribution is -0.340. The highest BCUT2D eigenvalue weighted by Gasteiger charge is 2.56. The van der Waals surface area contributed by atoms with Gasteiger partial charge in [-0.1, -0.05) is 72.8 Å². The number of rotatable bonds is 13. The first-order valence-corrected chi connectivity index (χ1v) is 17.3. The van der Waals surface area contributed by atoms with Gasteiger partial charge >= 0.3 is 23.9 Å². The largest absolute Gasteiger partial charge is 0.459 e. The van der Waals surface area contributed by atoms with Crippen LogP contribution in [0.1, 0.15) is 41.4 Å². The second-order valence-electron chi connectivity index (χ2n) is 12.6. The second kappa shape index (κ2) is 18.2. The SMILES string of the molecule is O=C(OC[C@H]1O[C@@H](O[C@H]2O[C@H]([C@H](O)CO)[C@H](O)[C@@H]2O)[C@H](OC(=O)c2ccccc2)[C@@H](OC(=O)c2ccccc2)[C@@H]1OC(=O)c1ccccc1)c1ccccc1. The molecular formula is C40H38O15. The number of benzene rings is 4. The third kappa shape index (κ3) is 9.41. The average molecular weight is 759 g/mol. The van der Waals surface area contributed by atoms with Crippen molar-refractivity contribution >= 4 is 23.9 Å². The van der Waals surface area contributed by atoms with E-state index >= 15 is 0 Å². The molecule has 0 unspecified atom stereocenters. The highest BCUT2D eigenvalue weighted by Crippen LogP contribution is 2.35. The Morgan fingerprint density at radius 1 is 0.545 bits per heavy atom. The van der Waals surface area contributed by atoms with Gasteiger partial charge in [0.2, 0.25) is 6.29 Å². The number of aliphatic hydroxyl groups excluding tert-OH is 4. The van der Waals surface area contributed by atoms with Crippen molar-refractivity contribution in [3.05, 3.63) is 144 Å². The van der Waals surface area contributed by atoms with Crippen LogP contribution in [0.25, 0.3) is 0 Å². The molecule has 2 fully saturated rings. The molecule has 0 radical (unpaired) electrons. The zero-order valence-electron chi connectivity index (χ0n) is 29.0. The van der Waals surface area contributed by atoms with Gasteiger partial charge in [0.05, 0.1) is 28.9 Å². The molecule has 2 aliphatic heterocycles. The van der Waals surface area contributed by atoms with E-state index < -0.39 is 98.5 Å². The Morgan fingerprint density at radius 3 is 1.42 bits per heavy atom. The lowest BCUT2D eigenvalue weighted by atomic mass is 9.97. The number of esters is 4. The van der Waals surface area contributed by atoms with Crippen LogP contribution in [-0.4, -0.2) is 119 Å². The summed E-state index contributed by atoms with van der Waals surface area (Å²) in [5.41, 5.74) is 0.399. The zero-order chi connectivity index (χ0) is 38.9. The van der Waals surface area contributed by atoms with Crippen molar-refractivity contribution in [2.75, 3.05) is 13.2 Å². The Balaban J connectivity index is 1.41. The fraction of sp³-hybridized carbons (Fsp3) is 0.300. The summed E-state index contributed by atoms with van der Waals surface area (Å²) in [5.74, 6) is -3.58. The molecule has 6 rings (SSSR count). The number of ether oxygens (including phenoxy) is 7. The minimum absolute atomic E-state index is 0.0600. The van der Waals surface area contributed by atoms with Gasteiger partial charge in [-0.05, 0) is 48.5 Å². The minimum Gasteiger partial charge on any atom is -0.459 e. The fourth-order valence-electron chi connectivity index (χ4n) is 5.98. The molecule has 0 aromatic heterocycles. The number of hydrogen-bond acceptors (Lipinski definition) is 15. The summed E-state index contributed by atoms with van der Waals surface area (Å²) < 4.78 is 41.2. The molecule has 0 aliphatic carbocycles. The summed E-state index contributed by atoms with van der Waals surface area (Å²) in [6, 6.07) is 31.2. The molecule has 0 bridgehead atoms. The third-order valence-corrected chi connectivity index (χ3v) is 8.83. The highest BCUT2D eigenvalue weighted by molar-refractivity contribution is 5.91. The van der Waals surface area contributed by atoms with E-state index in [-0.39, 0.29) is 22.3 Å². The van der Waals surface area contributed by atoms with Crippen LogP contribution in [0.4, 0.5) is 0 Å². The van der Waals surface area contributed by atoms with Crippen LogP contribution >= 0.6 is 0 Å². The number of hydrogen-bond donors (Lipinski definition) is 4. The molecule has 2 saturated heterocycles. The summed E-state index contributed by atoms with van der Waals surface area (Å²) in [6.07, 6.45) is -17.1. The van der Waals surface area contributed by atoms with Crippen molar-refractivity contribution in [3.8, 4) is 0 Å². The van der Waals surface area contributed by atoms with Gasteiger partial charge in [-0.15, -0.1) is 0 Å². The van der Waals surface area contributed by atoms with Crippen LogP contribution in [0.3, 0.4) is 0 Å². The topological polar surface area (TPSA) is 214 Å². The predicted molar refractivity (Wildman–Crippen MR) is 187 cm³/mol. The quantitative estimate of drug-likeness (QED) is 0.114. The Kier molecular flexibility index (Phi) is 13.0. The van der Waals surface area contributed by atoms with Gasteiger partial charge < -0.3 is 53.6 Å². The predicted octanol–water partition coefficient (Wildman–Crippen LogP) is 2.06. The molecule has 288 valence electrons. The molecule has 4 aromatic rings. The van der Waals surface area contributed by atoms with E-state index in [0.29, 0.717) is 0 Å². The van der Waals surface area contributed by atoms with Gasteiger partial charge in [-0.2, -0.15) is 0 Å². The Morgan fingerprint density at radius 2 is 0.964 bits per heavy atom. The van der Waals surface area contributed by atoms with Crippen molar-refractivity contribution in [2.24, 2.45) is 0 Å². The molecule has 4 aromatic carbocycles. The monoisotopic (exact) mass is 758 g/mol. The Bertz CT molecular complexity index is 1880. The molecule has 2 heterocycles. The first kappa shape index (κ1) is 39.2. The van der Waals surface area contributed by atoms with Crippen molar-refractivity contribution in [3.63, 3.8) is 0 Å². The van der Waals surface area contributed by atoms with Gasteiger partial charge in [0.15, 0.2) is 24.6 Å². The van der Waals surface area contributed by atoms with Crippen LogP contribution in [0.15, 0.2) is 121 Å². The first-order chi connectivity index (χ1) is 26.6. The molecule has 15 nitrogen and oxygen atoms in total. The Labute approximate surface area is 314 Å². The summed E-state index contributed by atoms with van der Waals surface area (Å²) in [5, 5.41) is 41.3. The maximum atomic E-state index is 13.8. The van der Waals surface area contributed by atoms with Crippen LogP contribution in [0.2, 0.25) is 0 Å². The van der Waals surface area contributed by atoms with E-state index in [0.717, 1.165) is 0 Å². The molecule has 4 N–H and O–H groups in total. The third-order valence-electron chi connectivity index (χ3n) is 8.83. The van der Waals surface area contributed by atoms with E-state index in [2.05, 4.69) is 0 Å². The van der Waals surface area contributed by atoms with Gasteiger partial charge in [-0.25, -0.2) is 19.2 Å². The first-order valence-electron chi connectivity index (χ1n) is 17.3. The van der Waals surface area contributed by atoms with Crippen LogP contribution in [-0.2, 0) is 33.2 Å². The highest BCUT2D eigenvalue weighted by atomic mass is 16.8. The molecule has 55 heavy (non-hydrogen) atoms. The average Bonchev–Trinajstić information content (AvgIpc) is 3.51. The van der Waals surface area contributed by atoms with Crippen LogP contribution < -0.4 is 0 Å². The smallest absolute Gasteiger partial charge is 0.338 e. The summed E-state index contributed by atoms with van der Waals surface area (Å²) in [7, 11) is 0. The van der Waals surface area contributed by atoms with E-state index in [1.165, 1.54) is 48.5 Å². The van der Waals surface area contributed by atoms with Crippen LogP contribution in [0.5, 0.6) is 0 Å². The van der Waals surface area contributed by atoms with Gasteiger partial charge in [0.25, 0.3) is 0 Å². The number of aliphatic hydroxyl groups is 4. The van der Waals surface area contributed by atoms with Gasteiger partial charge in [-0.3, -0.25) is 0 Å². The maximum absolute atomic E-state index is 13.8. The summed E-state index contributed by atoms with van der Waals surface area (Å²) in [4.78, 5) is 54.2. The normalized spacial score (nSPS) is 26.7. The summed E-state index contributed by atoms with van der Waals surface area (Å²) in [6.45, 7) is -1.47. The second-order valence-corrected chi connectivity index (χ2v) is 12.6. The van der Waals surface area contributed by atoms with E-state index in [1.807, 2.05) is 0 Å². The Hall–Kier alpha value is -5.52. The standard InChI is InChI=1S/C40H38O15/c41-21-27(42)31-29(43)30(44)39(54-31)55-40-34(53-38(48)26-19-11-4-12-20-26)33(52-37(47)25-17-9-3-10-18-25)32(51-36(46)24-15-7-2-8-16-24)28(50-40)22-49-35(45)23-13-5-1-6-14-23/h1-20,27-34,39-44H,21-22H2/t27-,28-,29-,30+,31-,32-,33+,34-,39-,40+/m1/s1. The van der Waals surface area contributed by atoms with Gasteiger partial charge in [0, 0.05) is 0 Å². The molecule has 0 saturated carbocycles. The molecule has 2 aliphatic rings. The van der Waals surface area contributed by atoms with E-state index in [1.54, 1.807) is 72.8 Å². The molecule has 0 spiro atoms. The number of carbonyl (C=O) groups excluding carboxylic acids is 4. The lowest BCUT2D eigenvalue weighted by Crippen LogP contribution is -2.63. The number of carbonyl (C=O) groups is 4. The van der Waals surface area contributed by atoms with Gasteiger partial charge in [0.1, 0.15) is 37.1 Å². The molecular weight excluding hydrogens is 720 g/mol. The molecule has 10 atom stereocenters. The minimum atomic E-state index is -1.86. The van der Waals surface area contributed by atoms with Crippen molar-refractivity contribution in [1.82, 2.24) is 0 Å². The van der Waals surface area contributed by atoms with Crippen molar-refractivity contribution in [2.45, 2.75) is 61.4 Å². The van der Waals surface area contributed by atoms with Crippen molar-refractivity contribution in [1.29, 1.82) is 0 Å². The van der Waals surface area contributed by atoms with E-state index in [4.69, 9.17) is 33.2 Å². The zero-order valence-corrected chi connectivity index (χ0v) is 29.0. The molecule has 15 heteroatoms. The van der Waals surface area contributed by atoms with E-state index in [9.17, 15) is 39.6 Å². The molecule has 0 amide bonds. The fourth-order valence-corrected chi connectivity index (χ4v) is 5.98. The van der Waals surface area contributed by atoms with Crippen molar-refractivity contribution < 1.29 is 72.8 Å². The summed E-state index contributed by atoms with van der Waals surface area (Å²) >= 11 is 0. The van der Waals surface area contributed by atoms with Crippen LogP contribution in [0, 0.1) is 0 Å². The maximum Gasteiger partial charge on any atom is 0.338 e. The lowest BCUT2D eigenvalue weighted by Gasteiger charge is -2.44.